The van der Waals surface area contributed by atoms with Crippen LogP contribution in [0.3, 0.4) is 0 Å². The summed E-state index contributed by atoms with van der Waals surface area (Å²) in [5, 5.41) is 38.0. The molecule has 258 valence electrons. The number of aliphatic hydroxyl groups is 2. The summed E-state index contributed by atoms with van der Waals surface area (Å²) in [6.45, 7) is 4.57. The molecule has 49 heavy (non-hydrogen) atoms. The van der Waals surface area contributed by atoms with Gasteiger partial charge in [0.2, 0.25) is 11.9 Å². The Hall–Kier alpha value is -4.79. The third-order valence-corrected chi connectivity index (χ3v) is 9.83. The maximum Gasteiger partial charge on any atom is 0.315 e. The highest BCUT2D eigenvalue weighted by Gasteiger charge is 2.44. The molecule has 14 heteroatoms. The number of amides is 3. The minimum absolute atomic E-state index is 0.0916. The molecule has 3 fully saturated rings. The van der Waals surface area contributed by atoms with Crippen molar-refractivity contribution in [1.29, 1.82) is 0 Å². The molecule has 0 radical (unpaired) electrons. The third kappa shape index (κ3) is 7.02. The largest absolute Gasteiger partial charge is 0.388 e. The number of urea groups is 1. The predicted octanol–water partition coefficient (Wildman–Crippen LogP) is 1.83. The van der Waals surface area contributed by atoms with Crippen LogP contribution in [0.25, 0.3) is 11.2 Å². The van der Waals surface area contributed by atoms with E-state index in [1.165, 1.54) is 0 Å². The number of hydrogen-bond acceptors (Lipinski definition) is 10. The molecule has 2 saturated heterocycles. The van der Waals surface area contributed by atoms with Crippen LogP contribution in [0, 0.1) is 0 Å². The molecule has 7 N–H and O–H groups in total. The van der Waals surface area contributed by atoms with E-state index in [1.807, 2.05) is 41.3 Å². The number of nitrogens with one attached hydrogen (secondary N) is 5. The summed E-state index contributed by atoms with van der Waals surface area (Å²) in [6.07, 6.45) is 1.54. The normalized spacial score (nSPS) is 25.2. The van der Waals surface area contributed by atoms with Crippen LogP contribution >= 0.6 is 0 Å². The fraction of sp³-hybridized carbons (Fsp3) is 0.457. The highest BCUT2D eigenvalue weighted by molar-refractivity contribution is 5.85. The van der Waals surface area contributed by atoms with Crippen LogP contribution in [0.15, 0.2) is 67.0 Å². The quantitative estimate of drug-likeness (QED) is 0.132. The molecule has 6 atom stereocenters. The van der Waals surface area contributed by atoms with Gasteiger partial charge < -0.3 is 46.3 Å². The first-order valence-electron chi connectivity index (χ1n) is 17.2. The van der Waals surface area contributed by atoms with Crippen LogP contribution in [0.1, 0.15) is 55.8 Å². The summed E-state index contributed by atoms with van der Waals surface area (Å²) in [4.78, 5) is 41.8. The lowest BCUT2D eigenvalue weighted by Gasteiger charge is -2.23. The number of carbonyl (C=O) groups is 2. The van der Waals surface area contributed by atoms with Crippen molar-refractivity contribution in [1.82, 2.24) is 40.8 Å². The lowest BCUT2D eigenvalue weighted by Crippen LogP contribution is -2.47. The fourth-order valence-electron chi connectivity index (χ4n) is 7.16. The van der Waals surface area contributed by atoms with E-state index in [2.05, 4.69) is 50.8 Å². The second kappa shape index (κ2) is 14.4. The van der Waals surface area contributed by atoms with Gasteiger partial charge in [0.1, 0.15) is 12.2 Å². The Morgan fingerprint density at radius 3 is 2.33 bits per heavy atom. The third-order valence-electron chi connectivity index (χ3n) is 9.83. The van der Waals surface area contributed by atoms with Crippen molar-refractivity contribution in [3.8, 4) is 0 Å². The molecule has 0 spiro atoms. The van der Waals surface area contributed by atoms with Gasteiger partial charge in [-0.3, -0.25) is 4.79 Å². The van der Waals surface area contributed by atoms with Crippen LogP contribution < -0.4 is 31.5 Å². The predicted molar refractivity (Wildman–Crippen MR) is 185 cm³/mol. The Morgan fingerprint density at radius 2 is 1.65 bits per heavy atom. The zero-order valence-corrected chi connectivity index (χ0v) is 27.5. The first-order chi connectivity index (χ1) is 23.9. The molecule has 2 aliphatic heterocycles. The smallest absolute Gasteiger partial charge is 0.315 e. The molecule has 7 rings (SSSR count). The van der Waals surface area contributed by atoms with E-state index in [-0.39, 0.29) is 36.5 Å². The molecule has 1 aliphatic carbocycles. The minimum Gasteiger partial charge on any atom is -0.388 e. The second-order valence-corrected chi connectivity index (χ2v) is 13.1. The number of fused-ring (bicyclic) bond motifs is 1. The summed E-state index contributed by atoms with van der Waals surface area (Å²) in [6, 6.07) is 18.6. The number of aliphatic hydroxyl groups excluding tert-OH is 2. The van der Waals surface area contributed by atoms with E-state index >= 15 is 0 Å². The molecule has 4 aromatic rings. The first kappa shape index (κ1) is 32.7. The average molecular weight is 669 g/mol. The number of aromatic nitrogens is 4. The van der Waals surface area contributed by atoms with Crippen LogP contribution in [0.5, 0.6) is 0 Å². The van der Waals surface area contributed by atoms with Gasteiger partial charge in [-0.15, -0.1) is 0 Å². The highest BCUT2D eigenvalue weighted by Crippen LogP contribution is 2.36. The number of rotatable bonds is 10. The first-order valence-corrected chi connectivity index (χ1v) is 17.2. The summed E-state index contributed by atoms with van der Waals surface area (Å²) < 4.78 is 1.78. The van der Waals surface area contributed by atoms with Crippen molar-refractivity contribution in [3.05, 3.63) is 78.1 Å². The van der Waals surface area contributed by atoms with Crippen LogP contribution in [0.2, 0.25) is 0 Å². The lowest BCUT2D eigenvalue weighted by molar-refractivity contribution is -0.122. The van der Waals surface area contributed by atoms with E-state index in [0.29, 0.717) is 42.4 Å². The molecule has 4 heterocycles. The maximum absolute atomic E-state index is 12.8. The Morgan fingerprint density at radius 1 is 0.939 bits per heavy atom. The van der Waals surface area contributed by atoms with Gasteiger partial charge in [-0.05, 0) is 36.9 Å². The number of imidazole rings is 1. The average Bonchev–Trinajstić information content (AvgIpc) is 3.94. The SMILES string of the molecule is CCC(=O)N[C@H]1C[C@@H](n2cnc3c(NC(c4ccccc4)c4ccccc4)nc(N4CC[C@@H](NC(=O)N[C@@H]5CCNC5)C4)nc32)[C@H](O)[C@@H]1O. The minimum atomic E-state index is -1.15. The molecule has 2 aromatic carbocycles. The van der Waals surface area contributed by atoms with Gasteiger partial charge in [0, 0.05) is 38.1 Å². The fourth-order valence-corrected chi connectivity index (χ4v) is 7.16. The van der Waals surface area contributed by atoms with E-state index in [1.54, 1.807) is 17.8 Å². The zero-order chi connectivity index (χ0) is 33.9. The van der Waals surface area contributed by atoms with Crippen molar-refractivity contribution in [3.63, 3.8) is 0 Å². The lowest BCUT2D eigenvalue weighted by atomic mass is 9.99. The Labute approximate surface area is 284 Å². The molecule has 3 amide bonds. The van der Waals surface area contributed by atoms with Gasteiger partial charge in [0.05, 0.1) is 24.5 Å². The molecule has 3 aliphatic rings. The van der Waals surface area contributed by atoms with Crippen molar-refractivity contribution < 1.29 is 19.8 Å². The molecule has 0 unspecified atom stereocenters. The second-order valence-electron chi connectivity index (χ2n) is 13.1. The molecule has 2 aromatic heterocycles. The van der Waals surface area contributed by atoms with E-state index in [0.717, 1.165) is 37.1 Å². The van der Waals surface area contributed by atoms with Crippen molar-refractivity contribution >= 4 is 34.9 Å². The molecular formula is C35H44N10O4. The number of nitrogens with zero attached hydrogens (tertiary/aromatic N) is 5. The molecule has 1 saturated carbocycles. The standard InChI is InChI=1S/C35H44N10O4/c1-2-27(46)40-25-17-26(31(48)30(25)47)45-20-37-29-32(41-28(21-9-5-3-6-10-21)22-11-7-4-8-12-22)42-34(43-33(29)45)44-16-14-24(19-44)39-35(49)38-23-13-15-36-18-23/h3-12,20,23-26,28,30-31,36,47-48H,2,13-19H2,1H3,(H,40,46)(H2,38,39,49)(H,41,42,43)/t23-,24-,25+,26-,30-,31+/m1/s1. The van der Waals surface area contributed by atoms with Crippen LogP contribution in [-0.2, 0) is 4.79 Å². The van der Waals surface area contributed by atoms with E-state index in [9.17, 15) is 19.8 Å². The number of carbonyl (C=O) groups excluding carboxylic acids is 2. The molecule has 14 nitrogen and oxygen atoms in total. The zero-order valence-electron chi connectivity index (χ0n) is 27.5. The van der Waals surface area contributed by atoms with Gasteiger partial charge in [0.25, 0.3) is 0 Å². The summed E-state index contributed by atoms with van der Waals surface area (Å²) in [5.41, 5.74) is 3.09. The van der Waals surface area contributed by atoms with Gasteiger partial charge in [-0.1, -0.05) is 67.6 Å². The summed E-state index contributed by atoms with van der Waals surface area (Å²) in [5.74, 6) is 0.788. The van der Waals surface area contributed by atoms with Crippen LogP contribution in [-0.4, -0.2) is 98.2 Å². The van der Waals surface area contributed by atoms with Crippen molar-refractivity contribution in [2.75, 3.05) is 36.4 Å². The number of benzene rings is 2. The highest BCUT2D eigenvalue weighted by atomic mass is 16.3. The van der Waals surface area contributed by atoms with Crippen LogP contribution in [0.4, 0.5) is 16.6 Å². The van der Waals surface area contributed by atoms with Gasteiger partial charge in [-0.25, -0.2) is 9.78 Å². The van der Waals surface area contributed by atoms with Crippen molar-refractivity contribution in [2.24, 2.45) is 0 Å². The Kier molecular flexibility index (Phi) is 9.60. The summed E-state index contributed by atoms with van der Waals surface area (Å²) >= 11 is 0. The number of anilines is 2. The topological polar surface area (TPSA) is 182 Å². The monoisotopic (exact) mass is 668 g/mol. The maximum atomic E-state index is 12.8. The van der Waals surface area contributed by atoms with Gasteiger partial charge in [0.15, 0.2) is 17.0 Å². The molecule has 0 bridgehead atoms. The molecular weight excluding hydrogens is 624 g/mol. The van der Waals surface area contributed by atoms with Crippen molar-refractivity contribution in [2.45, 2.75) is 75.0 Å². The van der Waals surface area contributed by atoms with Gasteiger partial charge >= 0.3 is 6.03 Å². The van der Waals surface area contributed by atoms with E-state index < -0.39 is 24.3 Å². The van der Waals surface area contributed by atoms with Gasteiger partial charge in [-0.2, -0.15) is 9.97 Å². The van der Waals surface area contributed by atoms with E-state index in [4.69, 9.17) is 15.0 Å². The Balaban J connectivity index is 1.22. The Bertz CT molecular complexity index is 1710. The summed E-state index contributed by atoms with van der Waals surface area (Å²) in [7, 11) is 0. The number of hydrogen-bond donors (Lipinski definition) is 7.